The molecule has 3 rings (SSSR count). The van der Waals surface area contributed by atoms with Gasteiger partial charge in [0, 0.05) is 19.0 Å². The fourth-order valence-electron chi connectivity index (χ4n) is 3.36. The highest BCUT2D eigenvalue weighted by atomic mass is 16.5. The smallest absolute Gasteiger partial charge is 0.217 e. The zero-order valence-corrected chi connectivity index (χ0v) is 14.9. The molecular formula is C21H26N2O3. The SMILES string of the molecule is NC(=O)CCc1ccccc1OCC(O)CNC1Cc2ccccc2C1. The van der Waals surface area contributed by atoms with E-state index in [-0.39, 0.29) is 18.9 Å². The zero-order chi connectivity index (χ0) is 18.4. The number of benzene rings is 2. The molecule has 1 unspecified atom stereocenters. The molecule has 0 spiro atoms. The number of ether oxygens (including phenoxy) is 1. The summed E-state index contributed by atoms with van der Waals surface area (Å²) >= 11 is 0. The van der Waals surface area contributed by atoms with Gasteiger partial charge in [-0.15, -0.1) is 0 Å². The van der Waals surface area contributed by atoms with Crippen molar-refractivity contribution in [1.29, 1.82) is 0 Å². The zero-order valence-electron chi connectivity index (χ0n) is 14.9. The Labute approximate surface area is 154 Å². The Balaban J connectivity index is 1.43. The van der Waals surface area contributed by atoms with Gasteiger partial charge in [0.15, 0.2) is 0 Å². The van der Waals surface area contributed by atoms with Crippen LogP contribution in [0.15, 0.2) is 48.5 Å². The number of rotatable bonds is 9. The van der Waals surface area contributed by atoms with Crippen LogP contribution in [0.3, 0.4) is 0 Å². The molecule has 1 aliphatic rings. The third-order valence-electron chi connectivity index (χ3n) is 4.74. The summed E-state index contributed by atoms with van der Waals surface area (Å²) in [4.78, 5) is 11.0. The molecule has 5 heteroatoms. The number of amides is 1. The van der Waals surface area contributed by atoms with Crippen molar-refractivity contribution in [3.8, 4) is 5.75 Å². The Morgan fingerprint density at radius 2 is 1.81 bits per heavy atom. The van der Waals surface area contributed by atoms with Crippen molar-refractivity contribution in [2.24, 2.45) is 5.73 Å². The van der Waals surface area contributed by atoms with Crippen LogP contribution in [0.4, 0.5) is 0 Å². The van der Waals surface area contributed by atoms with Gasteiger partial charge in [0.2, 0.25) is 5.91 Å². The van der Waals surface area contributed by atoms with E-state index < -0.39 is 6.10 Å². The molecule has 0 radical (unpaired) electrons. The molecule has 0 saturated heterocycles. The summed E-state index contributed by atoms with van der Waals surface area (Å²) in [5, 5.41) is 13.7. The maximum atomic E-state index is 11.0. The molecule has 0 fully saturated rings. The summed E-state index contributed by atoms with van der Waals surface area (Å²) in [6.07, 6.45) is 2.23. The molecule has 4 N–H and O–H groups in total. The minimum atomic E-state index is -0.595. The van der Waals surface area contributed by atoms with Gasteiger partial charge in [-0.05, 0) is 42.0 Å². The van der Waals surface area contributed by atoms with Gasteiger partial charge in [-0.3, -0.25) is 4.79 Å². The van der Waals surface area contributed by atoms with Gasteiger partial charge in [-0.1, -0.05) is 42.5 Å². The van der Waals surface area contributed by atoms with Crippen LogP contribution in [-0.2, 0) is 24.1 Å². The van der Waals surface area contributed by atoms with Gasteiger partial charge in [0.1, 0.15) is 18.5 Å². The third kappa shape index (κ3) is 5.07. The van der Waals surface area contributed by atoms with E-state index in [0.717, 1.165) is 18.4 Å². The summed E-state index contributed by atoms with van der Waals surface area (Å²) < 4.78 is 5.77. The highest BCUT2D eigenvalue weighted by Gasteiger charge is 2.21. The fraction of sp³-hybridized carbons (Fsp3) is 0.381. The molecule has 26 heavy (non-hydrogen) atoms. The minimum absolute atomic E-state index is 0.209. The first-order valence-electron chi connectivity index (χ1n) is 9.09. The number of fused-ring (bicyclic) bond motifs is 1. The Hall–Kier alpha value is -2.37. The van der Waals surface area contributed by atoms with Crippen LogP contribution in [-0.4, -0.2) is 36.3 Å². The number of nitrogens with two attached hydrogens (primary N) is 1. The molecular weight excluding hydrogens is 328 g/mol. The number of hydrogen-bond donors (Lipinski definition) is 3. The number of carbonyl (C=O) groups is 1. The maximum absolute atomic E-state index is 11.0. The first kappa shape index (κ1) is 18.4. The molecule has 138 valence electrons. The summed E-state index contributed by atoms with van der Waals surface area (Å²) in [5.41, 5.74) is 8.92. The Kier molecular flexibility index (Phi) is 6.26. The summed E-state index contributed by atoms with van der Waals surface area (Å²) in [6.45, 7) is 0.697. The van der Waals surface area contributed by atoms with Gasteiger partial charge < -0.3 is 20.9 Å². The lowest BCUT2D eigenvalue weighted by Crippen LogP contribution is -2.38. The number of carbonyl (C=O) groups excluding carboxylic acids is 1. The number of aryl methyl sites for hydroxylation is 1. The minimum Gasteiger partial charge on any atom is -0.491 e. The van der Waals surface area contributed by atoms with Crippen LogP contribution in [0.5, 0.6) is 5.75 Å². The lowest BCUT2D eigenvalue weighted by atomic mass is 10.1. The lowest BCUT2D eigenvalue weighted by molar-refractivity contribution is -0.117. The van der Waals surface area contributed by atoms with E-state index in [2.05, 4.69) is 29.6 Å². The molecule has 0 saturated carbocycles. The van der Waals surface area contributed by atoms with E-state index in [1.807, 2.05) is 24.3 Å². The van der Waals surface area contributed by atoms with Crippen molar-refractivity contribution in [3.63, 3.8) is 0 Å². The first-order valence-corrected chi connectivity index (χ1v) is 9.09. The maximum Gasteiger partial charge on any atom is 0.217 e. The first-order chi connectivity index (χ1) is 12.6. The summed E-state index contributed by atoms with van der Waals surface area (Å²) in [6, 6.07) is 16.4. The van der Waals surface area contributed by atoms with Crippen LogP contribution in [0.25, 0.3) is 0 Å². The highest BCUT2D eigenvalue weighted by Crippen LogP contribution is 2.22. The van der Waals surface area contributed by atoms with Crippen LogP contribution < -0.4 is 15.8 Å². The molecule has 0 aliphatic heterocycles. The van der Waals surface area contributed by atoms with E-state index in [0.29, 0.717) is 24.8 Å². The van der Waals surface area contributed by atoms with Crippen LogP contribution in [0, 0.1) is 0 Å². The van der Waals surface area contributed by atoms with Crippen molar-refractivity contribution in [2.75, 3.05) is 13.2 Å². The van der Waals surface area contributed by atoms with Gasteiger partial charge in [0.05, 0.1) is 0 Å². The number of primary amides is 1. The van der Waals surface area contributed by atoms with E-state index in [1.54, 1.807) is 0 Å². The quantitative estimate of drug-likeness (QED) is 0.639. The summed E-state index contributed by atoms with van der Waals surface area (Å²) in [7, 11) is 0. The number of aliphatic hydroxyl groups is 1. The predicted molar refractivity (Wildman–Crippen MR) is 101 cm³/mol. The predicted octanol–water partition coefficient (Wildman–Crippen LogP) is 1.60. The van der Waals surface area contributed by atoms with Crippen molar-refractivity contribution < 1.29 is 14.6 Å². The van der Waals surface area contributed by atoms with Crippen molar-refractivity contribution in [1.82, 2.24) is 5.32 Å². The number of para-hydroxylation sites is 1. The van der Waals surface area contributed by atoms with Crippen LogP contribution in [0.2, 0.25) is 0 Å². The van der Waals surface area contributed by atoms with Crippen LogP contribution >= 0.6 is 0 Å². The largest absolute Gasteiger partial charge is 0.491 e. The average molecular weight is 354 g/mol. The van der Waals surface area contributed by atoms with Gasteiger partial charge in [-0.2, -0.15) is 0 Å². The molecule has 2 aromatic carbocycles. The number of aliphatic hydroxyl groups excluding tert-OH is 1. The van der Waals surface area contributed by atoms with Gasteiger partial charge in [-0.25, -0.2) is 0 Å². The molecule has 2 aromatic rings. The monoisotopic (exact) mass is 354 g/mol. The molecule has 1 amide bonds. The molecule has 5 nitrogen and oxygen atoms in total. The van der Waals surface area contributed by atoms with Crippen LogP contribution in [0.1, 0.15) is 23.1 Å². The molecule has 0 heterocycles. The highest BCUT2D eigenvalue weighted by molar-refractivity contribution is 5.74. The lowest BCUT2D eigenvalue weighted by Gasteiger charge is -2.18. The number of nitrogens with one attached hydrogen (secondary N) is 1. The molecule has 1 aliphatic carbocycles. The van der Waals surface area contributed by atoms with E-state index >= 15 is 0 Å². The Bertz CT molecular complexity index is 723. The van der Waals surface area contributed by atoms with E-state index in [4.69, 9.17) is 10.5 Å². The topological polar surface area (TPSA) is 84.6 Å². The second-order valence-corrected chi connectivity index (χ2v) is 6.82. The second kappa shape index (κ2) is 8.83. The van der Waals surface area contributed by atoms with Crippen molar-refractivity contribution in [3.05, 3.63) is 65.2 Å². The normalized spacial score (nSPS) is 14.8. The van der Waals surface area contributed by atoms with Gasteiger partial charge >= 0.3 is 0 Å². The van der Waals surface area contributed by atoms with Crippen molar-refractivity contribution in [2.45, 2.75) is 37.8 Å². The average Bonchev–Trinajstić information content (AvgIpc) is 3.06. The van der Waals surface area contributed by atoms with E-state index in [1.165, 1.54) is 11.1 Å². The Morgan fingerprint density at radius 3 is 2.50 bits per heavy atom. The van der Waals surface area contributed by atoms with Gasteiger partial charge in [0.25, 0.3) is 0 Å². The molecule has 0 bridgehead atoms. The van der Waals surface area contributed by atoms with E-state index in [9.17, 15) is 9.90 Å². The molecule has 0 aromatic heterocycles. The van der Waals surface area contributed by atoms with Crippen molar-refractivity contribution >= 4 is 5.91 Å². The Morgan fingerprint density at radius 1 is 1.15 bits per heavy atom. The molecule has 1 atom stereocenters. The summed E-state index contributed by atoms with van der Waals surface area (Å²) in [5.74, 6) is 0.364. The fourth-order valence-corrected chi connectivity index (χ4v) is 3.36. The second-order valence-electron chi connectivity index (χ2n) is 6.82. The standard InChI is InChI=1S/C21H26N2O3/c22-21(25)10-9-15-5-3-4-8-20(15)26-14-19(24)13-23-18-11-16-6-1-2-7-17(16)12-18/h1-8,18-19,23-24H,9-14H2,(H2,22,25). The number of hydrogen-bond acceptors (Lipinski definition) is 4. The third-order valence-corrected chi connectivity index (χ3v) is 4.74.